The van der Waals surface area contributed by atoms with Crippen molar-refractivity contribution in [2.45, 2.75) is 31.2 Å². The highest BCUT2D eigenvalue weighted by atomic mass is 16.5. The predicted octanol–water partition coefficient (Wildman–Crippen LogP) is 3.99. The van der Waals surface area contributed by atoms with Crippen LogP contribution in [0.1, 0.15) is 46.6 Å². The Kier molecular flexibility index (Phi) is 5.82. The average molecular weight is 473 g/mol. The fraction of sp³-hybridized carbons (Fsp3) is 0.231. The molecule has 3 aromatic rings. The molecular weight excluding hydrogens is 450 g/mol. The van der Waals surface area contributed by atoms with Crippen molar-refractivity contribution in [1.29, 1.82) is 0 Å². The van der Waals surface area contributed by atoms with E-state index in [0.29, 0.717) is 29.9 Å². The molecule has 35 heavy (non-hydrogen) atoms. The minimum atomic E-state index is -0.967. The molecule has 1 saturated carbocycles. The Bertz CT molecular complexity index is 1280. The molecule has 1 fully saturated rings. The largest absolute Gasteiger partial charge is 0.459 e. The molecule has 5 rings (SSSR count). The average Bonchev–Trinajstić information content (AvgIpc) is 3.57. The number of amides is 3. The number of esters is 1. The fourth-order valence-electron chi connectivity index (χ4n) is 4.69. The molecule has 0 radical (unpaired) electrons. The number of hydrogen-bond acceptors (Lipinski definition) is 6. The van der Waals surface area contributed by atoms with Crippen LogP contribution in [0.2, 0.25) is 0 Å². The van der Waals surface area contributed by atoms with Gasteiger partial charge in [-0.25, -0.2) is 4.79 Å². The Morgan fingerprint density at radius 3 is 2.46 bits per heavy atom. The third-order valence-corrected chi connectivity index (χ3v) is 6.37. The van der Waals surface area contributed by atoms with E-state index in [1.165, 1.54) is 29.4 Å². The lowest BCUT2D eigenvalue weighted by Crippen LogP contribution is -2.61. The number of rotatable bonds is 5. The second-order valence-corrected chi connectivity index (χ2v) is 8.52. The van der Waals surface area contributed by atoms with E-state index in [0.717, 1.165) is 12.8 Å². The molecule has 1 aliphatic carbocycles. The standard InChI is InChI=1S/C26H23N3O6/c30-22(29-20-7-2-1-6-19(20)28-25(33)26(29)13-3-4-14-26)16-35-24(32)17-9-11-18(12-10-17)27-23(31)21-8-5-15-34-21/h1-2,5-12,15H,3-4,13-14,16H2,(H,27,31)(H,28,33). The van der Waals surface area contributed by atoms with Gasteiger partial charge in [0.15, 0.2) is 12.4 Å². The van der Waals surface area contributed by atoms with Crippen LogP contribution in [0.4, 0.5) is 17.1 Å². The Morgan fingerprint density at radius 2 is 1.74 bits per heavy atom. The molecule has 0 bridgehead atoms. The SMILES string of the molecule is O=C(OCC(=O)N1c2ccccc2NC(=O)C12CCCC2)c1ccc(NC(=O)c2ccco2)cc1. The molecule has 9 heteroatoms. The highest BCUT2D eigenvalue weighted by Crippen LogP contribution is 2.45. The second kappa shape index (κ2) is 9.09. The topological polar surface area (TPSA) is 118 Å². The molecular formula is C26H23N3O6. The van der Waals surface area contributed by atoms with Crippen molar-refractivity contribution in [1.82, 2.24) is 0 Å². The molecule has 0 unspecified atom stereocenters. The van der Waals surface area contributed by atoms with Crippen LogP contribution in [-0.4, -0.2) is 35.8 Å². The van der Waals surface area contributed by atoms with Gasteiger partial charge in [0.05, 0.1) is 23.2 Å². The molecule has 2 aliphatic rings. The maximum absolute atomic E-state index is 13.3. The number of anilines is 3. The summed E-state index contributed by atoms with van der Waals surface area (Å²) in [7, 11) is 0. The minimum Gasteiger partial charge on any atom is -0.459 e. The zero-order chi connectivity index (χ0) is 24.4. The number of carbonyl (C=O) groups is 4. The van der Waals surface area contributed by atoms with Crippen molar-refractivity contribution in [3.8, 4) is 0 Å². The van der Waals surface area contributed by atoms with E-state index < -0.39 is 29.9 Å². The third-order valence-electron chi connectivity index (χ3n) is 6.37. The van der Waals surface area contributed by atoms with E-state index in [-0.39, 0.29) is 17.2 Å². The van der Waals surface area contributed by atoms with E-state index in [1.807, 2.05) is 0 Å². The van der Waals surface area contributed by atoms with Gasteiger partial charge < -0.3 is 19.8 Å². The molecule has 2 aromatic carbocycles. The van der Waals surface area contributed by atoms with Crippen LogP contribution in [0.15, 0.2) is 71.3 Å². The van der Waals surface area contributed by atoms with Gasteiger partial charge in [-0.2, -0.15) is 0 Å². The lowest BCUT2D eigenvalue weighted by molar-refractivity contribution is -0.129. The van der Waals surface area contributed by atoms with Crippen LogP contribution >= 0.6 is 0 Å². The number of ether oxygens (including phenoxy) is 1. The third kappa shape index (κ3) is 4.16. The smallest absolute Gasteiger partial charge is 0.338 e. The zero-order valence-corrected chi connectivity index (χ0v) is 18.8. The summed E-state index contributed by atoms with van der Waals surface area (Å²) in [5.41, 5.74) is 0.888. The summed E-state index contributed by atoms with van der Waals surface area (Å²) < 4.78 is 10.4. The summed E-state index contributed by atoms with van der Waals surface area (Å²) >= 11 is 0. The fourth-order valence-corrected chi connectivity index (χ4v) is 4.69. The molecule has 1 spiro atoms. The molecule has 1 aliphatic heterocycles. The monoisotopic (exact) mass is 473 g/mol. The number of hydrogen-bond donors (Lipinski definition) is 2. The lowest BCUT2D eigenvalue weighted by Gasteiger charge is -2.44. The number of nitrogens with one attached hydrogen (secondary N) is 2. The maximum Gasteiger partial charge on any atom is 0.338 e. The Morgan fingerprint density at radius 1 is 1.00 bits per heavy atom. The molecule has 2 N–H and O–H groups in total. The van der Waals surface area contributed by atoms with Crippen LogP contribution in [-0.2, 0) is 14.3 Å². The van der Waals surface area contributed by atoms with Crippen molar-refractivity contribution in [3.63, 3.8) is 0 Å². The number of carbonyl (C=O) groups excluding carboxylic acids is 4. The second-order valence-electron chi connectivity index (χ2n) is 8.52. The normalized spacial score (nSPS) is 15.9. The van der Waals surface area contributed by atoms with Gasteiger partial charge in [-0.1, -0.05) is 25.0 Å². The van der Waals surface area contributed by atoms with Crippen LogP contribution in [0.25, 0.3) is 0 Å². The first-order valence-corrected chi connectivity index (χ1v) is 11.3. The number of benzene rings is 2. The Labute approximate surface area is 201 Å². The van der Waals surface area contributed by atoms with E-state index in [4.69, 9.17) is 9.15 Å². The van der Waals surface area contributed by atoms with Crippen LogP contribution in [0.3, 0.4) is 0 Å². The summed E-state index contributed by atoms with van der Waals surface area (Å²) in [6.07, 6.45) is 4.18. The van der Waals surface area contributed by atoms with Gasteiger partial charge in [-0.05, 0) is 61.4 Å². The van der Waals surface area contributed by atoms with E-state index in [2.05, 4.69) is 10.6 Å². The molecule has 9 nitrogen and oxygen atoms in total. The van der Waals surface area contributed by atoms with Crippen molar-refractivity contribution in [2.24, 2.45) is 0 Å². The van der Waals surface area contributed by atoms with Crippen molar-refractivity contribution in [3.05, 3.63) is 78.3 Å². The molecule has 178 valence electrons. The van der Waals surface area contributed by atoms with Crippen molar-refractivity contribution >= 4 is 40.8 Å². The molecule has 0 atom stereocenters. The lowest BCUT2D eigenvalue weighted by atomic mass is 9.90. The van der Waals surface area contributed by atoms with Gasteiger partial charge >= 0.3 is 5.97 Å². The molecule has 2 heterocycles. The summed E-state index contributed by atoms with van der Waals surface area (Å²) in [5.74, 6) is -1.59. The Hall–Kier alpha value is -4.40. The first-order chi connectivity index (χ1) is 17.0. The van der Waals surface area contributed by atoms with Gasteiger partial charge in [0.1, 0.15) is 5.54 Å². The number of para-hydroxylation sites is 2. The zero-order valence-electron chi connectivity index (χ0n) is 18.8. The number of nitrogens with zero attached hydrogens (tertiary/aromatic N) is 1. The van der Waals surface area contributed by atoms with Crippen LogP contribution in [0.5, 0.6) is 0 Å². The van der Waals surface area contributed by atoms with Gasteiger partial charge in [-0.15, -0.1) is 0 Å². The van der Waals surface area contributed by atoms with Gasteiger partial charge in [-0.3, -0.25) is 19.3 Å². The summed E-state index contributed by atoms with van der Waals surface area (Å²) in [6, 6.07) is 16.4. The Balaban J connectivity index is 1.27. The van der Waals surface area contributed by atoms with Gasteiger partial charge in [0.25, 0.3) is 17.7 Å². The maximum atomic E-state index is 13.3. The minimum absolute atomic E-state index is 0.167. The number of fused-ring (bicyclic) bond motifs is 1. The van der Waals surface area contributed by atoms with E-state index in [1.54, 1.807) is 42.5 Å². The van der Waals surface area contributed by atoms with E-state index in [9.17, 15) is 19.2 Å². The van der Waals surface area contributed by atoms with E-state index >= 15 is 0 Å². The molecule has 0 saturated heterocycles. The molecule has 1 aromatic heterocycles. The van der Waals surface area contributed by atoms with Crippen LogP contribution < -0.4 is 15.5 Å². The predicted molar refractivity (Wildman–Crippen MR) is 127 cm³/mol. The highest BCUT2D eigenvalue weighted by Gasteiger charge is 2.52. The number of furan rings is 1. The molecule has 3 amide bonds. The summed E-state index contributed by atoms with van der Waals surface area (Å²) in [6.45, 7) is -0.501. The van der Waals surface area contributed by atoms with Gasteiger partial charge in [0, 0.05) is 5.69 Å². The summed E-state index contributed by atoms with van der Waals surface area (Å²) in [4.78, 5) is 52.5. The summed E-state index contributed by atoms with van der Waals surface area (Å²) in [5, 5.41) is 5.58. The first kappa shape index (κ1) is 22.4. The quantitative estimate of drug-likeness (QED) is 0.541. The van der Waals surface area contributed by atoms with Gasteiger partial charge in [0.2, 0.25) is 0 Å². The van der Waals surface area contributed by atoms with Crippen molar-refractivity contribution < 1.29 is 28.3 Å². The van der Waals surface area contributed by atoms with Crippen molar-refractivity contribution in [2.75, 3.05) is 22.1 Å². The van der Waals surface area contributed by atoms with Crippen LogP contribution in [0, 0.1) is 0 Å². The first-order valence-electron chi connectivity index (χ1n) is 11.3. The highest BCUT2D eigenvalue weighted by molar-refractivity contribution is 6.15.